The molecular formula is C21H17N3O2S. The molecule has 134 valence electrons. The van der Waals surface area contributed by atoms with Gasteiger partial charge in [0, 0.05) is 22.2 Å². The van der Waals surface area contributed by atoms with Gasteiger partial charge >= 0.3 is 0 Å². The van der Waals surface area contributed by atoms with Gasteiger partial charge in [0.1, 0.15) is 10.7 Å². The fourth-order valence-electron chi connectivity index (χ4n) is 2.97. The molecule has 0 atom stereocenters. The second kappa shape index (κ2) is 7.09. The van der Waals surface area contributed by atoms with Crippen molar-refractivity contribution >= 4 is 39.1 Å². The first-order chi connectivity index (χ1) is 13.1. The second-order valence-corrected chi connectivity index (χ2v) is 7.34. The van der Waals surface area contributed by atoms with Gasteiger partial charge in [-0.1, -0.05) is 48.5 Å². The van der Waals surface area contributed by atoms with E-state index in [1.54, 1.807) is 12.1 Å². The summed E-state index contributed by atoms with van der Waals surface area (Å²) in [4.78, 5) is 28.5. The number of aromatic amines is 1. The van der Waals surface area contributed by atoms with E-state index >= 15 is 0 Å². The Morgan fingerprint density at radius 2 is 1.74 bits per heavy atom. The van der Waals surface area contributed by atoms with Crippen LogP contribution in [-0.4, -0.2) is 16.8 Å². The van der Waals surface area contributed by atoms with E-state index in [4.69, 9.17) is 5.73 Å². The molecule has 0 aliphatic heterocycles. The molecule has 2 amide bonds. The van der Waals surface area contributed by atoms with Crippen LogP contribution in [0.25, 0.3) is 10.9 Å². The van der Waals surface area contributed by atoms with E-state index in [1.165, 1.54) is 11.3 Å². The molecule has 5 nitrogen and oxygen atoms in total. The van der Waals surface area contributed by atoms with Crippen LogP contribution in [0, 0.1) is 0 Å². The zero-order chi connectivity index (χ0) is 18.8. The lowest BCUT2D eigenvalue weighted by atomic mass is 10.1. The molecule has 2 heterocycles. The first-order valence-electron chi connectivity index (χ1n) is 8.46. The molecule has 0 fully saturated rings. The lowest BCUT2D eigenvalue weighted by Crippen LogP contribution is -2.16. The zero-order valence-corrected chi connectivity index (χ0v) is 15.2. The largest absolute Gasteiger partial charge is 0.366 e. The molecule has 0 spiro atoms. The van der Waals surface area contributed by atoms with Gasteiger partial charge in [0.05, 0.1) is 5.56 Å². The van der Waals surface area contributed by atoms with E-state index in [-0.39, 0.29) is 5.91 Å². The van der Waals surface area contributed by atoms with Crippen molar-refractivity contribution < 1.29 is 9.59 Å². The Bertz CT molecular complexity index is 1100. The van der Waals surface area contributed by atoms with Gasteiger partial charge in [0.25, 0.3) is 11.8 Å². The molecule has 4 rings (SSSR count). The highest BCUT2D eigenvalue weighted by Crippen LogP contribution is 2.30. The third-order valence-corrected chi connectivity index (χ3v) is 5.32. The Hall–Kier alpha value is -3.38. The number of benzene rings is 2. The summed E-state index contributed by atoms with van der Waals surface area (Å²) in [5, 5.41) is 4.24. The maximum Gasteiger partial charge on any atom is 0.272 e. The maximum atomic E-state index is 12.6. The van der Waals surface area contributed by atoms with Gasteiger partial charge in [0.15, 0.2) is 0 Å². The summed E-state index contributed by atoms with van der Waals surface area (Å²) < 4.78 is 0. The first kappa shape index (κ1) is 17.1. The molecule has 0 aliphatic carbocycles. The topological polar surface area (TPSA) is 88.0 Å². The molecule has 6 heteroatoms. The van der Waals surface area contributed by atoms with Crippen molar-refractivity contribution in [2.45, 2.75) is 6.42 Å². The van der Waals surface area contributed by atoms with Gasteiger partial charge in [-0.3, -0.25) is 9.59 Å². The number of carbonyl (C=O) groups is 2. The van der Waals surface area contributed by atoms with Crippen molar-refractivity contribution in [3.63, 3.8) is 0 Å². The number of nitrogens with two attached hydrogens (primary N) is 1. The smallest absolute Gasteiger partial charge is 0.272 e. The van der Waals surface area contributed by atoms with E-state index in [1.807, 2.05) is 54.6 Å². The van der Waals surface area contributed by atoms with Crippen molar-refractivity contribution in [3.8, 4) is 0 Å². The summed E-state index contributed by atoms with van der Waals surface area (Å²) in [5.41, 5.74) is 8.28. The average Bonchev–Trinajstić information content (AvgIpc) is 3.26. The molecule has 0 bridgehead atoms. The fraction of sp³-hybridized carbons (Fsp3) is 0.0476. The van der Waals surface area contributed by atoms with Crippen LogP contribution in [0.2, 0.25) is 0 Å². The van der Waals surface area contributed by atoms with E-state index in [0.717, 1.165) is 21.3 Å². The van der Waals surface area contributed by atoms with Crippen LogP contribution in [0.4, 0.5) is 5.00 Å². The minimum atomic E-state index is -0.558. The van der Waals surface area contributed by atoms with E-state index in [9.17, 15) is 9.59 Å². The molecular weight excluding hydrogens is 358 g/mol. The number of anilines is 1. The van der Waals surface area contributed by atoms with Crippen LogP contribution < -0.4 is 11.1 Å². The number of H-pyrrole nitrogens is 1. The van der Waals surface area contributed by atoms with Crippen molar-refractivity contribution in [3.05, 3.63) is 88.4 Å². The molecule has 27 heavy (non-hydrogen) atoms. The van der Waals surface area contributed by atoms with Crippen molar-refractivity contribution in [2.24, 2.45) is 5.73 Å². The summed E-state index contributed by atoms with van der Waals surface area (Å²) >= 11 is 1.37. The van der Waals surface area contributed by atoms with Crippen LogP contribution in [0.3, 0.4) is 0 Å². The molecule has 0 aliphatic rings. The normalized spacial score (nSPS) is 10.8. The third kappa shape index (κ3) is 3.61. The fourth-order valence-corrected chi connectivity index (χ4v) is 4.06. The molecule has 4 aromatic rings. The van der Waals surface area contributed by atoms with Gasteiger partial charge in [-0.25, -0.2) is 0 Å². The minimum Gasteiger partial charge on any atom is -0.366 e. The molecule has 0 radical (unpaired) electrons. The summed E-state index contributed by atoms with van der Waals surface area (Å²) in [6.07, 6.45) is 0.675. The number of carbonyl (C=O) groups excluding carboxylic acids is 2. The van der Waals surface area contributed by atoms with Crippen LogP contribution >= 0.6 is 11.3 Å². The van der Waals surface area contributed by atoms with Crippen LogP contribution in [0.5, 0.6) is 0 Å². The lowest BCUT2D eigenvalue weighted by molar-refractivity contribution is 0.100. The number of fused-ring (bicyclic) bond motifs is 1. The molecule has 0 saturated carbocycles. The number of hydrogen-bond donors (Lipinski definition) is 3. The summed E-state index contributed by atoms with van der Waals surface area (Å²) in [6, 6.07) is 21.1. The predicted octanol–water partition coefficient (Wildman–Crippen LogP) is 4.17. The number of hydrogen-bond acceptors (Lipinski definition) is 3. The number of para-hydroxylation sites is 1. The van der Waals surface area contributed by atoms with Gasteiger partial charge in [-0.2, -0.15) is 0 Å². The number of nitrogens with one attached hydrogen (secondary N) is 2. The number of thiophene rings is 1. The number of aromatic nitrogens is 1. The monoisotopic (exact) mass is 375 g/mol. The highest BCUT2D eigenvalue weighted by Gasteiger charge is 2.18. The Morgan fingerprint density at radius 3 is 2.48 bits per heavy atom. The quantitative estimate of drug-likeness (QED) is 0.489. The minimum absolute atomic E-state index is 0.304. The number of amides is 2. The van der Waals surface area contributed by atoms with Crippen molar-refractivity contribution in [2.75, 3.05) is 5.32 Å². The highest BCUT2D eigenvalue weighted by molar-refractivity contribution is 7.16. The third-order valence-electron chi connectivity index (χ3n) is 4.27. The van der Waals surface area contributed by atoms with Crippen LogP contribution in [0.1, 0.15) is 31.3 Å². The summed E-state index contributed by atoms with van der Waals surface area (Å²) in [6.45, 7) is 0. The van der Waals surface area contributed by atoms with Gasteiger partial charge in [-0.15, -0.1) is 11.3 Å². The van der Waals surface area contributed by atoms with Gasteiger partial charge in [0.2, 0.25) is 0 Å². The molecule has 2 aromatic carbocycles. The summed E-state index contributed by atoms with van der Waals surface area (Å²) in [7, 11) is 0. The first-order valence-corrected chi connectivity index (χ1v) is 9.27. The zero-order valence-electron chi connectivity index (χ0n) is 14.4. The Morgan fingerprint density at radius 1 is 1.00 bits per heavy atom. The Balaban J connectivity index is 1.60. The lowest BCUT2D eigenvalue weighted by Gasteiger charge is -2.02. The van der Waals surface area contributed by atoms with Gasteiger partial charge in [-0.05, 0) is 23.8 Å². The molecule has 0 saturated heterocycles. The molecule has 2 aromatic heterocycles. The van der Waals surface area contributed by atoms with Gasteiger partial charge < -0.3 is 16.0 Å². The molecule has 4 N–H and O–H groups in total. The van der Waals surface area contributed by atoms with Crippen molar-refractivity contribution in [1.82, 2.24) is 4.98 Å². The van der Waals surface area contributed by atoms with E-state index in [2.05, 4.69) is 10.3 Å². The highest BCUT2D eigenvalue weighted by atomic mass is 32.1. The maximum absolute atomic E-state index is 12.6. The summed E-state index contributed by atoms with van der Waals surface area (Å²) in [5.74, 6) is -0.862. The van der Waals surface area contributed by atoms with E-state index in [0.29, 0.717) is 22.7 Å². The number of primary amides is 1. The second-order valence-electron chi connectivity index (χ2n) is 6.21. The number of rotatable bonds is 5. The van der Waals surface area contributed by atoms with Crippen molar-refractivity contribution in [1.29, 1.82) is 0 Å². The van der Waals surface area contributed by atoms with Crippen LogP contribution in [0.15, 0.2) is 66.7 Å². The Kier molecular flexibility index (Phi) is 4.48. The Labute approximate surface area is 159 Å². The molecule has 0 unspecified atom stereocenters. The standard InChI is InChI=1S/C21H17N3O2S/c22-19(25)16-12-15(10-13-6-2-1-3-7-13)27-21(16)24-20(26)18-11-14-8-4-5-9-17(14)23-18/h1-9,11-12,23H,10H2,(H2,22,25)(H,24,26). The van der Waals surface area contributed by atoms with E-state index < -0.39 is 5.91 Å². The van der Waals surface area contributed by atoms with Crippen LogP contribution in [-0.2, 0) is 6.42 Å². The predicted molar refractivity (Wildman–Crippen MR) is 108 cm³/mol. The SMILES string of the molecule is NC(=O)c1cc(Cc2ccccc2)sc1NC(=O)c1cc2ccccc2[nH]1. The average molecular weight is 375 g/mol.